The minimum atomic E-state index is 0.415. The zero-order valence-corrected chi connectivity index (χ0v) is 22.5. The second-order valence-corrected chi connectivity index (χ2v) is 11.7. The molecule has 0 N–H and O–H groups in total. The van der Waals surface area contributed by atoms with Crippen LogP contribution in [0.15, 0.2) is 0 Å². The Labute approximate surface area is 201 Å². The van der Waals surface area contributed by atoms with Crippen molar-refractivity contribution < 1.29 is 0 Å². The molecular formula is C19H40S7. The first kappa shape index (κ1) is 28.5. The summed E-state index contributed by atoms with van der Waals surface area (Å²) in [6, 6.07) is 0. The molecule has 158 valence electrons. The van der Waals surface area contributed by atoms with Gasteiger partial charge in [0.2, 0.25) is 0 Å². The minimum absolute atomic E-state index is 0.415. The van der Waals surface area contributed by atoms with Crippen LogP contribution in [0.4, 0.5) is 0 Å². The van der Waals surface area contributed by atoms with Crippen LogP contribution in [-0.2, 0) is 0 Å². The summed E-state index contributed by atoms with van der Waals surface area (Å²) in [5.74, 6) is 2.86. The van der Waals surface area contributed by atoms with Crippen LogP contribution >= 0.6 is 88.4 Å². The van der Waals surface area contributed by atoms with Gasteiger partial charge in [-0.15, -0.1) is 0 Å². The first-order valence-electron chi connectivity index (χ1n) is 9.90. The topological polar surface area (TPSA) is 0 Å². The third-order valence-electron chi connectivity index (χ3n) is 5.21. The van der Waals surface area contributed by atoms with Crippen molar-refractivity contribution in [3.63, 3.8) is 0 Å². The van der Waals surface area contributed by atoms with Crippen LogP contribution in [0.2, 0.25) is 0 Å². The van der Waals surface area contributed by atoms with E-state index in [0.717, 1.165) is 62.9 Å². The third-order valence-corrected chi connectivity index (χ3v) is 9.18. The lowest BCUT2D eigenvalue weighted by Crippen LogP contribution is -2.21. The molecule has 0 heterocycles. The SMILES string of the molecule is CCC(S)C(CS)CC(S)CCC(S)CCC(S)CC(CS)C(S)CC. The largest absolute Gasteiger partial charge is 0.179 e. The second kappa shape index (κ2) is 17.2. The maximum atomic E-state index is 4.80. The first-order chi connectivity index (χ1) is 12.3. The zero-order chi connectivity index (χ0) is 20.1. The van der Waals surface area contributed by atoms with Gasteiger partial charge in [0.15, 0.2) is 0 Å². The summed E-state index contributed by atoms with van der Waals surface area (Å²) >= 11 is 32.7. The summed E-state index contributed by atoms with van der Waals surface area (Å²) in [6.07, 6.45) is 8.80. The van der Waals surface area contributed by atoms with Crippen LogP contribution in [0.1, 0.15) is 65.2 Å². The molecule has 0 saturated carbocycles. The number of thiol groups is 7. The number of hydrogen-bond acceptors (Lipinski definition) is 7. The predicted molar refractivity (Wildman–Crippen MR) is 147 cm³/mol. The third kappa shape index (κ3) is 12.9. The second-order valence-electron chi connectivity index (χ2n) is 7.42. The van der Waals surface area contributed by atoms with E-state index >= 15 is 0 Å². The van der Waals surface area contributed by atoms with Crippen LogP contribution in [-0.4, -0.2) is 37.8 Å². The van der Waals surface area contributed by atoms with Crippen molar-refractivity contribution in [2.75, 3.05) is 11.5 Å². The molecule has 0 aliphatic rings. The van der Waals surface area contributed by atoms with E-state index in [1.54, 1.807) is 0 Å². The highest BCUT2D eigenvalue weighted by Gasteiger charge is 2.21. The molecule has 7 heteroatoms. The summed E-state index contributed by atoms with van der Waals surface area (Å²) in [5, 5.41) is 2.12. The summed E-state index contributed by atoms with van der Waals surface area (Å²) < 4.78 is 0. The molecule has 0 fully saturated rings. The van der Waals surface area contributed by atoms with Crippen molar-refractivity contribution in [3.8, 4) is 0 Å². The van der Waals surface area contributed by atoms with Gasteiger partial charge in [0.1, 0.15) is 0 Å². The van der Waals surface area contributed by atoms with E-state index in [1.807, 2.05) is 0 Å². The van der Waals surface area contributed by atoms with Crippen molar-refractivity contribution in [1.82, 2.24) is 0 Å². The van der Waals surface area contributed by atoms with Crippen LogP contribution in [0, 0.1) is 11.8 Å². The van der Waals surface area contributed by atoms with Gasteiger partial charge in [0, 0.05) is 26.2 Å². The molecular weight excluding hydrogens is 453 g/mol. The fourth-order valence-electron chi connectivity index (χ4n) is 3.22. The monoisotopic (exact) mass is 492 g/mol. The molecule has 0 aliphatic carbocycles. The van der Waals surface area contributed by atoms with Gasteiger partial charge in [-0.2, -0.15) is 88.4 Å². The molecule has 0 bridgehead atoms. The van der Waals surface area contributed by atoms with Crippen molar-refractivity contribution in [2.45, 2.75) is 91.5 Å². The average Bonchev–Trinajstić information content (AvgIpc) is 2.65. The standard InChI is InChI=1S/C19H40S7/c1-3-18(25)13(11-20)9-16(23)7-5-15(22)6-8-17(24)10-14(12-21)19(26)4-2/h13-26H,3-12H2,1-2H3. The molecule has 0 saturated heterocycles. The minimum Gasteiger partial charge on any atom is -0.179 e. The molecule has 0 radical (unpaired) electrons. The van der Waals surface area contributed by atoms with Gasteiger partial charge in [-0.1, -0.05) is 13.8 Å². The maximum Gasteiger partial charge on any atom is 0.00506 e. The van der Waals surface area contributed by atoms with Crippen LogP contribution in [0.25, 0.3) is 0 Å². The lowest BCUT2D eigenvalue weighted by Gasteiger charge is -2.25. The lowest BCUT2D eigenvalue weighted by atomic mass is 9.95. The molecule has 0 rings (SSSR count). The van der Waals surface area contributed by atoms with E-state index in [0.29, 0.717) is 38.1 Å². The summed E-state index contributed by atoms with van der Waals surface area (Å²) in [5.41, 5.74) is 0. The van der Waals surface area contributed by atoms with Gasteiger partial charge in [-0.3, -0.25) is 0 Å². The van der Waals surface area contributed by atoms with E-state index in [-0.39, 0.29) is 0 Å². The molecule has 0 aromatic heterocycles. The van der Waals surface area contributed by atoms with Crippen molar-refractivity contribution in [1.29, 1.82) is 0 Å². The Morgan fingerprint density at radius 1 is 0.538 bits per heavy atom. The highest BCUT2D eigenvalue weighted by atomic mass is 32.1. The molecule has 0 nitrogen and oxygen atoms in total. The van der Waals surface area contributed by atoms with Gasteiger partial charge in [0.25, 0.3) is 0 Å². The molecule has 0 aromatic carbocycles. The lowest BCUT2D eigenvalue weighted by molar-refractivity contribution is 0.470. The predicted octanol–water partition coefficient (Wildman–Crippen LogP) is 6.73. The molecule has 0 aliphatic heterocycles. The van der Waals surface area contributed by atoms with Crippen molar-refractivity contribution in [3.05, 3.63) is 0 Å². The highest BCUT2D eigenvalue weighted by Crippen LogP contribution is 2.28. The number of hydrogen-bond donors (Lipinski definition) is 7. The van der Waals surface area contributed by atoms with E-state index in [4.69, 9.17) is 37.9 Å². The Morgan fingerprint density at radius 3 is 1.12 bits per heavy atom. The van der Waals surface area contributed by atoms with Gasteiger partial charge in [0.05, 0.1) is 0 Å². The fraction of sp³-hybridized carbons (Fsp3) is 1.00. The van der Waals surface area contributed by atoms with Gasteiger partial charge in [-0.05, 0) is 74.7 Å². The van der Waals surface area contributed by atoms with E-state index in [2.05, 4.69) is 64.4 Å². The van der Waals surface area contributed by atoms with E-state index in [1.165, 1.54) is 0 Å². The molecule has 0 spiro atoms. The number of rotatable bonds is 16. The van der Waals surface area contributed by atoms with Gasteiger partial charge >= 0.3 is 0 Å². The van der Waals surface area contributed by atoms with Crippen molar-refractivity contribution >= 4 is 88.4 Å². The quantitative estimate of drug-likeness (QED) is 0.114. The van der Waals surface area contributed by atoms with Gasteiger partial charge in [-0.25, -0.2) is 0 Å². The van der Waals surface area contributed by atoms with E-state index in [9.17, 15) is 0 Å². The Kier molecular flexibility index (Phi) is 18.8. The molecule has 6 atom stereocenters. The molecule has 26 heavy (non-hydrogen) atoms. The summed E-state index contributed by atoms with van der Waals surface area (Å²) in [4.78, 5) is 0. The van der Waals surface area contributed by atoms with Crippen molar-refractivity contribution in [2.24, 2.45) is 11.8 Å². The maximum absolute atomic E-state index is 4.80. The Hall–Kier alpha value is 2.45. The Bertz CT molecular complexity index is 299. The Morgan fingerprint density at radius 2 is 0.846 bits per heavy atom. The van der Waals surface area contributed by atoms with E-state index < -0.39 is 0 Å². The fourth-order valence-corrected chi connectivity index (χ4v) is 5.95. The normalized spacial score (nSPS) is 20.2. The van der Waals surface area contributed by atoms with Crippen LogP contribution in [0.5, 0.6) is 0 Å². The smallest absolute Gasteiger partial charge is 0.00506 e. The summed E-state index contributed by atoms with van der Waals surface area (Å²) in [7, 11) is 0. The molecule has 6 unspecified atom stereocenters. The van der Waals surface area contributed by atoms with Crippen LogP contribution < -0.4 is 0 Å². The highest BCUT2D eigenvalue weighted by molar-refractivity contribution is 7.82. The van der Waals surface area contributed by atoms with Crippen LogP contribution in [0.3, 0.4) is 0 Å². The zero-order valence-electron chi connectivity index (χ0n) is 16.2. The molecule has 0 aromatic rings. The average molecular weight is 493 g/mol. The van der Waals surface area contributed by atoms with Gasteiger partial charge < -0.3 is 0 Å². The summed E-state index contributed by atoms with van der Waals surface area (Å²) in [6.45, 7) is 4.38. The first-order valence-corrected chi connectivity index (χ1v) is 13.8. The molecule has 0 amide bonds. The Balaban J connectivity index is 4.09.